The van der Waals surface area contributed by atoms with Gasteiger partial charge in [-0.2, -0.15) is 5.26 Å². The average molecular weight is 281 g/mol. The highest BCUT2D eigenvalue weighted by molar-refractivity contribution is 5.76. The summed E-state index contributed by atoms with van der Waals surface area (Å²) < 4.78 is 1.38. The minimum Gasteiger partial charge on any atom is -0.347 e. The molecule has 0 aliphatic heterocycles. The van der Waals surface area contributed by atoms with E-state index in [1.165, 1.54) is 11.0 Å². The Bertz CT molecular complexity index is 669. The molecule has 0 unspecified atom stereocenters. The van der Waals surface area contributed by atoms with Crippen molar-refractivity contribution in [2.24, 2.45) is 5.92 Å². The van der Waals surface area contributed by atoms with Gasteiger partial charge in [0.05, 0.1) is 6.04 Å². The Morgan fingerprint density at radius 3 is 2.81 bits per heavy atom. The molecule has 3 rings (SSSR count). The Kier molecular flexibility index (Phi) is 3.65. The fourth-order valence-corrected chi connectivity index (χ4v) is 2.35. The maximum atomic E-state index is 12.1. The lowest BCUT2D eigenvalue weighted by Gasteiger charge is -2.18. The zero-order valence-corrected chi connectivity index (χ0v) is 11.4. The van der Waals surface area contributed by atoms with Crippen LogP contribution in [0.3, 0.4) is 0 Å². The number of carbonyl (C=O) groups excluding carboxylic acids is 1. The van der Waals surface area contributed by atoms with Crippen LogP contribution in [0.4, 0.5) is 0 Å². The number of hydrogen-bond donors (Lipinski definition) is 1. The van der Waals surface area contributed by atoms with Crippen LogP contribution in [-0.4, -0.2) is 20.7 Å². The number of nitriles is 1. The fourth-order valence-electron chi connectivity index (χ4n) is 2.35. The second kappa shape index (κ2) is 5.75. The summed E-state index contributed by atoms with van der Waals surface area (Å²) in [6.07, 6.45) is 3.68. The number of nitrogens with zero attached hydrogens (tertiary/aromatic N) is 4. The van der Waals surface area contributed by atoms with Gasteiger partial charge in [0.25, 0.3) is 5.82 Å². The number of amides is 1. The lowest BCUT2D eigenvalue weighted by atomic mass is 10.0. The van der Waals surface area contributed by atoms with E-state index in [4.69, 9.17) is 5.26 Å². The molecule has 1 fully saturated rings. The summed E-state index contributed by atoms with van der Waals surface area (Å²) in [5.74, 6) is 0.469. The molecule has 0 radical (unpaired) electrons. The molecule has 0 saturated heterocycles. The normalized spacial score (nSPS) is 15.2. The number of carbonyl (C=O) groups is 1. The summed E-state index contributed by atoms with van der Waals surface area (Å²) >= 11 is 0. The van der Waals surface area contributed by atoms with E-state index in [-0.39, 0.29) is 24.3 Å². The summed E-state index contributed by atoms with van der Waals surface area (Å²) in [6, 6.07) is 11.9. The summed E-state index contributed by atoms with van der Waals surface area (Å²) in [5, 5.41) is 15.6. The van der Waals surface area contributed by atoms with Crippen molar-refractivity contribution >= 4 is 5.91 Å². The van der Waals surface area contributed by atoms with Crippen molar-refractivity contribution in [3.8, 4) is 6.07 Å². The third-order valence-electron chi connectivity index (χ3n) is 3.51. The van der Waals surface area contributed by atoms with Crippen LogP contribution < -0.4 is 5.32 Å². The molecule has 106 valence electrons. The van der Waals surface area contributed by atoms with Crippen molar-refractivity contribution < 1.29 is 4.79 Å². The number of hydrogen-bond acceptors (Lipinski definition) is 4. The van der Waals surface area contributed by atoms with Gasteiger partial charge in [-0.05, 0) is 24.3 Å². The molecule has 1 amide bonds. The number of nitrogens with one attached hydrogen (secondary N) is 1. The Morgan fingerprint density at radius 2 is 2.19 bits per heavy atom. The molecule has 0 spiro atoms. The smallest absolute Gasteiger partial charge is 0.252 e. The van der Waals surface area contributed by atoms with Gasteiger partial charge >= 0.3 is 0 Å². The van der Waals surface area contributed by atoms with Gasteiger partial charge in [0.15, 0.2) is 0 Å². The third kappa shape index (κ3) is 3.26. The molecule has 6 nitrogen and oxygen atoms in total. The van der Waals surface area contributed by atoms with Gasteiger partial charge in [-0.25, -0.2) is 9.67 Å². The van der Waals surface area contributed by atoms with Crippen molar-refractivity contribution in [3.63, 3.8) is 0 Å². The molecular formula is C15H15N5O. The van der Waals surface area contributed by atoms with Crippen molar-refractivity contribution in [2.45, 2.75) is 25.4 Å². The van der Waals surface area contributed by atoms with Crippen LogP contribution >= 0.6 is 0 Å². The minimum absolute atomic E-state index is 0.0534. The number of benzene rings is 1. The fraction of sp³-hybridized carbons (Fsp3) is 0.333. The van der Waals surface area contributed by atoms with Gasteiger partial charge in [-0.1, -0.05) is 30.3 Å². The molecule has 1 saturated carbocycles. The van der Waals surface area contributed by atoms with Crippen molar-refractivity contribution in [3.05, 3.63) is 48.0 Å². The third-order valence-corrected chi connectivity index (χ3v) is 3.51. The van der Waals surface area contributed by atoms with E-state index in [0.717, 1.165) is 18.4 Å². The van der Waals surface area contributed by atoms with Crippen molar-refractivity contribution in [1.82, 2.24) is 20.1 Å². The van der Waals surface area contributed by atoms with Crippen molar-refractivity contribution in [1.29, 1.82) is 5.26 Å². The second-order valence-electron chi connectivity index (χ2n) is 5.17. The van der Waals surface area contributed by atoms with Crippen LogP contribution in [0.2, 0.25) is 0 Å². The quantitative estimate of drug-likeness (QED) is 0.898. The minimum atomic E-state index is -0.120. The molecule has 1 aliphatic rings. The van der Waals surface area contributed by atoms with Gasteiger partial charge in [-0.3, -0.25) is 4.79 Å². The Morgan fingerprint density at radius 1 is 1.43 bits per heavy atom. The van der Waals surface area contributed by atoms with E-state index < -0.39 is 0 Å². The lowest BCUT2D eigenvalue weighted by Crippen LogP contribution is -2.32. The predicted octanol–water partition coefficient (Wildman–Crippen LogP) is 1.42. The van der Waals surface area contributed by atoms with E-state index in [1.54, 1.807) is 0 Å². The van der Waals surface area contributed by atoms with Crippen LogP contribution in [0.5, 0.6) is 0 Å². The monoisotopic (exact) mass is 281 g/mol. The molecular weight excluding hydrogens is 266 g/mol. The summed E-state index contributed by atoms with van der Waals surface area (Å²) in [7, 11) is 0. The van der Waals surface area contributed by atoms with E-state index in [1.807, 2.05) is 36.4 Å². The SMILES string of the molecule is N#Cc1ncn(CC(=O)N[C@H](c2ccccc2)C2CC2)n1. The summed E-state index contributed by atoms with van der Waals surface area (Å²) in [5.41, 5.74) is 1.13. The number of aromatic nitrogens is 3. The highest BCUT2D eigenvalue weighted by Gasteiger charge is 2.33. The largest absolute Gasteiger partial charge is 0.347 e. The van der Waals surface area contributed by atoms with Gasteiger partial charge in [0.1, 0.15) is 18.9 Å². The highest BCUT2D eigenvalue weighted by Crippen LogP contribution is 2.40. The van der Waals surface area contributed by atoms with E-state index >= 15 is 0 Å². The number of rotatable bonds is 5. The molecule has 0 bridgehead atoms. The zero-order chi connectivity index (χ0) is 14.7. The first-order valence-electron chi connectivity index (χ1n) is 6.90. The molecule has 6 heteroatoms. The lowest BCUT2D eigenvalue weighted by molar-refractivity contribution is -0.122. The van der Waals surface area contributed by atoms with Crippen LogP contribution in [0.15, 0.2) is 36.7 Å². The standard InChI is InChI=1S/C15H15N5O/c16-8-13-17-10-20(19-13)9-14(21)18-15(12-6-7-12)11-4-2-1-3-5-11/h1-5,10,12,15H,6-7,9H2,(H,18,21)/t15-/m1/s1. The molecule has 1 aromatic heterocycles. The molecule has 1 aliphatic carbocycles. The van der Waals surface area contributed by atoms with Crippen LogP contribution in [0, 0.1) is 17.2 Å². The molecule has 1 heterocycles. The first-order valence-corrected chi connectivity index (χ1v) is 6.90. The van der Waals surface area contributed by atoms with Crippen LogP contribution in [-0.2, 0) is 11.3 Å². The molecule has 1 atom stereocenters. The highest BCUT2D eigenvalue weighted by atomic mass is 16.2. The molecule has 1 aromatic carbocycles. The van der Waals surface area contributed by atoms with E-state index in [0.29, 0.717) is 5.92 Å². The molecule has 2 aromatic rings. The maximum Gasteiger partial charge on any atom is 0.252 e. The second-order valence-corrected chi connectivity index (χ2v) is 5.17. The van der Waals surface area contributed by atoms with Crippen molar-refractivity contribution in [2.75, 3.05) is 0 Å². The van der Waals surface area contributed by atoms with Gasteiger partial charge in [0.2, 0.25) is 5.91 Å². The topological polar surface area (TPSA) is 83.6 Å². The average Bonchev–Trinajstić information content (AvgIpc) is 3.25. The molecule has 1 N–H and O–H groups in total. The summed E-state index contributed by atoms with van der Waals surface area (Å²) in [6.45, 7) is 0.0741. The van der Waals surface area contributed by atoms with Crippen LogP contribution in [0.1, 0.15) is 30.3 Å². The van der Waals surface area contributed by atoms with Gasteiger partial charge in [0, 0.05) is 0 Å². The van der Waals surface area contributed by atoms with E-state index in [2.05, 4.69) is 15.4 Å². The van der Waals surface area contributed by atoms with Crippen LogP contribution in [0.25, 0.3) is 0 Å². The van der Waals surface area contributed by atoms with E-state index in [9.17, 15) is 4.79 Å². The maximum absolute atomic E-state index is 12.1. The summed E-state index contributed by atoms with van der Waals surface area (Å²) in [4.78, 5) is 15.9. The first kappa shape index (κ1) is 13.3. The molecule has 21 heavy (non-hydrogen) atoms. The Balaban J connectivity index is 1.66. The first-order chi connectivity index (χ1) is 10.3. The zero-order valence-electron chi connectivity index (χ0n) is 11.4. The van der Waals surface area contributed by atoms with Gasteiger partial charge in [-0.15, -0.1) is 5.10 Å². The van der Waals surface area contributed by atoms with Gasteiger partial charge < -0.3 is 5.32 Å². The Hall–Kier alpha value is -2.68. The predicted molar refractivity (Wildman–Crippen MR) is 74.8 cm³/mol. The Labute approximate surface area is 122 Å².